The average Bonchev–Trinajstić information content (AvgIpc) is 2.69. The van der Waals surface area contributed by atoms with Gasteiger partial charge >= 0.3 is 6.09 Å². The van der Waals surface area contributed by atoms with Crippen molar-refractivity contribution in [3.05, 3.63) is 54.1 Å². The Morgan fingerprint density at radius 2 is 1.69 bits per heavy atom. The molecule has 0 aromatic heterocycles. The lowest BCUT2D eigenvalue weighted by Gasteiger charge is -2.09. The second kappa shape index (κ2) is 10.6. The fourth-order valence-corrected chi connectivity index (χ4v) is 1.99. The van der Waals surface area contributed by atoms with Gasteiger partial charge in [-0.15, -0.1) is 0 Å². The molecule has 0 fully saturated rings. The average molecular weight is 358 g/mol. The van der Waals surface area contributed by atoms with Crippen molar-refractivity contribution in [1.82, 2.24) is 5.43 Å². The van der Waals surface area contributed by atoms with E-state index in [2.05, 4.69) is 15.3 Å². The highest BCUT2D eigenvalue weighted by molar-refractivity contribution is 5.80. The SMILES string of the molecule is COC(=O)NN=Cc1ccc(OCCCOc2cccc(OC)c2)cc1. The highest BCUT2D eigenvalue weighted by atomic mass is 16.5. The van der Waals surface area contributed by atoms with Crippen molar-refractivity contribution in [3.8, 4) is 17.2 Å². The number of nitrogens with one attached hydrogen (secondary N) is 1. The third-order valence-corrected chi connectivity index (χ3v) is 3.30. The van der Waals surface area contributed by atoms with E-state index in [0.717, 1.165) is 29.2 Å². The normalized spacial score (nSPS) is 10.4. The zero-order valence-corrected chi connectivity index (χ0v) is 14.8. The molecule has 0 bridgehead atoms. The molecule has 0 radical (unpaired) electrons. The van der Waals surface area contributed by atoms with Crippen molar-refractivity contribution in [3.63, 3.8) is 0 Å². The molecule has 0 aliphatic carbocycles. The number of benzene rings is 2. The summed E-state index contributed by atoms with van der Waals surface area (Å²) in [4.78, 5) is 10.9. The number of carbonyl (C=O) groups is 1. The van der Waals surface area contributed by atoms with E-state index < -0.39 is 6.09 Å². The summed E-state index contributed by atoms with van der Waals surface area (Å²) in [6.07, 6.45) is 1.66. The molecule has 26 heavy (non-hydrogen) atoms. The van der Waals surface area contributed by atoms with Crippen LogP contribution in [-0.2, 0) is 4.74 Å². The minimum absolute atomic E-state index is 0.543. The molecule has 1 N–H and O–H groups in total. The lowest BCUT2D eigenvalue weighted by molar-refractivity contribution is 0.171. The predicted molar refractivity (Wildman–Crippen MR) is 98.2 cm³/mol. The molecule has 2 aromatic carbocycles. The number of hydrazone groups is 1. The van der Waals surface area contributed by atoms with Crippen LogP contribution >= 0.6 is 0 Å². The highest BCUT2D eigenvalue weighted by Crippen LogP contribution is 2.19. The summed E-state index contributed by atoms with van der Waals surface area (Å²) in [7, 11) is 2.90. The van der Waals surface area contributed by atoms with Crippen LogP contribution in [-0.4, -0.2) is 39.7 Å². The largest absolute Gasteiger partial charge is 0.497 e. The van der Waals surface area contributed by atoms with Crippen molar-refractivity contribution in [2.45, 2.75) is 6.42 Å². The zero-order valence-electron chi connectivity index (χ0n) is 14.8. The van der Waals surface area contributed by atoms with E-state index in [1.807, 2.05) is 48.5 Å². The molecule has 2 aromatic rings. The van der Waals surface area contributed by atoms with E-state index in [0.29, 0.717) is 13.2 Å². The summed E-state index contributed by atoms with van der Waals surface area (Å²) in [5.74, 6) is 2.29. The summed E-state index contributed by atoms with van der Waals surface area (Å²) < 4.78 is 20.9. The molecule has 138 valence electrons. The predicted octanol–water partition coefficient (Wildman–Crippen LogP) is 3.23. The molecule has 1 amide bonds. The Bertz CT molecular complexity index is 716. The van der Waals surface area contributed by atoms with Crippen LogP contribution in [0, 0.1) is 0 Å². The standard InChI is InChI=1S/C19H22N2O5/c1-23-17-5-3-6-18(13-17)26-12-4-11-25-16-9-7-15(8-10-16)14-20-21-19(22)24-2/h3,5-10,13-14H,4,11-12H2,1-2H3,(H,21,22). The van der Waals surface area contributed by atoms with E-state index in [-0.39, 0.29) is 0 Å². The van der Waals surface area contributed by atoms with Gasteiger partial charge in [0.25, 0.3) is 0 Å². The third kappa shape index (κ3) is 6.72. The molecular formula is C19H22N2O5. The van der Waals surface area contributed by atoms with Crippen molar-refractivity contribution in [1.29, 1.82) is 0 Å². The highest BCUT2D eigenvalue weighted by Gasteiger charge is 1.98. The maximum Gasteiger partial charge on any atom is 0.427 e. The smallest absolute Gasteiger partial charge is 0.427 e. The van der Waals surface area contributed by atoms with Crippen LogP contribution < -0.4 is 19.6 Å². The van der Waals surface area contributed by atoms with Gasteiger partial charge in [0.1, 0.15) is 17.2 Å². The van der Waals surface area contributed by atoms with Gasteiger partial charge in [-0.2, -0.15) is 5.10 Å². The van der Waals surface area contributed by atoms with Gasteiger partial charge in [-0.25, -0.2) is 10.2 Å². The molecule has 0 aliphatic heterocycles. The van der Waals surface area contributed by atoms with Gasteiger partial charge in [-0.1, -0.05) is 6.07 Å². The lowest BCUT2D eigenvalue weighted by Crippen LogP contribution is -2.16. The van der Waals surface area contributed by atoms with Gasteiger partial charge < -0.3 is 18.9 Å². The van der Waals surface area contributed by atoms with Crippen LogP contribution in [0.2, 0.25) is 0 Å². The Morgan fingerprint density at radius 3 is 2.38 bits per heavy atom. The first-order valence-electron chi connectivity index (χ1n) is 8.08. The quantitative estimate of drug-likeness (QED) is 0.423. The third-order valence-electron chi connectivity index (χ3n) is 3.30. The van der Waals surface area contributed by atoms with Crippen LogP contribution in [0.4, 0.5) is 4.79 Å². The van der Waals surface area contributed by atoms with E-state index in [1.165, 1.54) is 13.3 Å². The Morgan fingerprint density at radius 1 is 1.00 bits per heavy atom. The van der Waals surface area contributed by atoms with Gasteiger partial charge in [0.15, 0.2) is 0 Å². The van der Waals surface area contributed by atoms with Crippen LogP contribution in [0.5, 0.6) is 17.2 Å². The topological polar surface area (TPSA) is 78.4 Å². The Labute approximate surface area is 152 Å². The first kappa shape index (κ1) is 19.1. The number of carbonyl (C=O) groups excluding carboxylic acids is 1. The maximum absolute atomic E-state index is 10.9. The van der Waals surface area contributed by atoms with Gasteiger partial charge in [-0.05, 0) is 42.0 Å². The van der Waals surface area contributed by atoms with Gasteiger partial charge in [0.2, 0.25) is 0 Å². The molecule has 7 heteroatoms. The molecule has 0 unspecified atom stereocenters. The monoisotopic (exact) mass is 358 g/mol. The molecule has 0 atom stereocenters. The van der Waals surface area contributed by atoms with Crippen LogP contribution in [0.3, 0.4) is 0 Å². The molecule has 7 nitrogen and oxygen atoms in total. The van der Waals surface area contributed by atoms with Crippen LogP contribution in [0.15, 0.2) is 53.6 Å². The zero-order chi connectivity index (χ0) is 18.6. The molecule has 0 heterocycles. The summed E-state index contributed by atoms with van der Waals surface area (Å²) >= 11 is 0. The summed E-state index contributed by atoms with van der Waals surface area (Å²) in [5.41, 5.74) is 3.05. The minimum atomic E-state index is -0.614. The second-order valence-electron chi connectivity index (χ2n) is 5.16. The number of nitrogens with zero attached hydrogens (tertiary/aromatic N) is 1. The first-order valence-corrected chi connectivity index (χ1v) is 8.08. The number of methoxy groups -OCH3 is 2. The van der Waals surface area contributed by atoms with E-state index in [9.17, 15) is 4.79 Å². The van der Waals surface area contributed by atoms with Crippen molar-refractivity contribution < 1.29 is 23.7 Å². The van der Waals surface area contributed by atoms with Crippen molar-refractivity contribution >= 4 is 12.3 Å². The molecule has 0 aliphatic rings. The summed E-state index contributed by atoms with van der Waals surface area (Å²) in [6, 6.07) is 14.8. The molecular weight excluding hydrogens is 336 g/mol. The van der Waals surface area contributed by atoms with Crippen molar-refractivity contribution in [2.24, 2.45) is 5.10 Å². The molecule has 0 saturated heterocycles. The van der Waals surface area contributed by atoms with Gasteiger partial charge in [0.05, 0.1) is 33.6 Å². The summed E-state index contributed by atoms with van der Waals surface area (Å²) in [6.45, 7) is 1.10. The first-order chi connectivity index (χ1) is 12.7. The summed E-state index contributed by atoms with van der Waals surface area (Å²) in [5, 5.41) is 3.75. The molecule has 2 rings (SSSR count). The number of hydrogen-bond donors (Lipinski definition) is 1. The van der Waals surface area contributed by atoms with E-state index in [4.69, 9.17) is 14.2 Å². The maximum atomic E-state index is 10.9. The Hall–Kier alpha value is -3.22. The van der Waals surface area contributed by atoms with E-state index >= 15 is 0 Å². The lowest BCUT2D eigenvalue weighted by atomic mass is 10.2. The number of rotatable bonds is 9. The number of hydrogen-bond acceptors (Lipinski definition) is 6. The second-order valence-corrected chi connectivity index (χ2v) is 5.16. The fourth-order valence-electron chi connectivity index (χ4n) is 1.99. The minimum Gasteiger partial charge on any atom is -0.497 e. The molecule has 0 spiro atoms. The van der Waals surface area contributed by atoms with Crippen molar-refractivity contribution in [2.75, 3.05) is 27.4 Å². The number of ether oxygens (including phenoxy) is 4. The van der Waals surface area contributed by atoms with Gasteiger partial charge in [-0.3, -0.25) is 0 Å². The van der Waals surface area contributed by atoms with Gasteiger partial charge in [0, 0.05) is 12.5 Å². The Kier molecular flexibility index (Phi) is 7.79. The van der Waals surface area contributed by atoms with Crippen LogP contribution in [0.25, 0.3) is 0 Å². The van der Waals surface area contributed by atoms with Crippen LogP contribution in [0.1, 0.15) is 12.0 Å². The molecule has 0 saturated carbocycles. The number of amides is 1. The van der Waals surface area contributed by atoms with E-state index in [1.54, 1.807) is 7.11 Å². The Balaban J connectivity index is 1.67. The fraction of sp³-hybridized carbons (Fsp3) is 0.263.